The highest BCUT2D eigenvalue weighted by molar-refractivity contribution is 7.89. The molecule has 0 saturated heterocycles. The standard InChI is InChI=1S/C20H30N4O3S/c1-14(2)13-24-16(4)18(15(3)22-24)11-20(25)21-12-17-9-7-8-10-19(17)28(26,27)23(5)6/h7-10,14H,11-13H2,1-6H3,(H,21,25). The molecule has 7 nitrogen and oxygen atoms in total. The fourth-order valence-electron chi connectivity index (χ4n) is 3.03. The van der Waals surface area contributed by atoms with E-state index in [9.17, 15) is 13.2 Å². The number of nitrogens with zero attached hydrogens (tertiary/aromatic N) is 3. The maximum atomic E-state index is 12.5. The van der Waals surface area contributed by atoms with Crippen molar-refractivity contribution in [2.45, 2.75) is 52.1 Å². The normalized spacial score (nSPS) is 12.0. The van der Waals surface area contributed by atoms with Gasteiger partial charge >= 0.3 is 0 Å². The van der Waals surface area contributed by atoms with Crippen molar-refractivity contribution in [1.29, 1.82) is 0 Å². The molecule has 1 heterocycles. The first kappa shape index (κ1) is 22.1. The molecule has 0 fully saturated rings. The number of nitrogens with one attached hydrogen (secondary N) is 1. The van der Waals surface area contributed by atoms with E-state index in [1.807, 2.05) is 18.5 Å². The molecule has 2 rings (SSSR count). The molecule has 0 aliphatic carbocycles. The van der Waals surface area contributed by atoms with Gasteiger partial charge in [0.05, 0.1) is 17.0 Å². The largest absolute Gasteiger partial charge is 0.352 e. The molecule has 0 aliphatic heterocycles. The molecule has 8 heteroatoms. The number of sulfonamides is 1. The number of benzene rings is 1. The smallest absolute Gasteiger partial charge is 0.242 e. The molecule has 154 valence electrons. The highest BCUT2D eigenvalue weighted by atomic mass is 32.2. The lowest BCUT2D eigenvalue weighted by Gasteiger charge is -2.15. The van der Waals surface area contributed by atoms with Crippen molar-refractivity contribution >= 4 is 15.9 Å². The summed E-state index contributed by atoms with van der Waals surface area (Å²) in [6.45, 7) is 9.10. The number of aryl methyl sites for hydroxylation is 1. The Morgan fingerprint density at radius 1 is 1.21 bits per heavy atom. The molecule has 0 spiro atoms. The minimum absolute atomic E-state index is 0.153. The topological polar surface area (TPSA) is 84.3 Å². The van der Waals surface area contributed by atoms with Crippen molar-refractivity contribution in [3.63, 3.8) is 0 Å². The molecule has 0 bridgehead atoms. The van der Waals surface area contributed by atoms with Gasteiger partial charge in [-0.25, -0.2) is 12.7 Å². The number of hydrogen-bond donors (Lipinski definition) is 1. The third kappa shape index (κ3) is 4.99. The molecular formula is C20H30N4O3S. The summed E-state index contributed by atoms with van der Waals surface area (Å²) >= 11 is 0. The number of amides is 1. The van der Waals surface area contributed by atoms with Crippen LogP contribution >= 0.6 is 0 Å². The van der Waals surface area contributed by atoms with Crippen LogP contribution in [0.4, 0.5) is 0 Å². The second-order valence-electron chi connectivity index (χ2n) is 7.57. The number of rotatable bonds is 8. The first-order chi connectivity index (χ1) is 13.0. The first-order valence-electron chi connectivity index (χ1n) is 9.34. The van der Waals surface area contributed by atoms with Gasteiger partial charge in [-0.3, -0.25) is 9.48 Å². The molecule has 0 atom stereocenters. The van der Waals surface area contributed by atoms with E-state index in [2.05, 4.69) is 24.3 Å². The van der Waals surface area contributed by atoms with Crippen LogP contribution in [0.5, 0.6) is 0 Å². The molecule has 0 saturated carbocycles. The predicted octanol–water partition coefficient (Wildman–Crippen LogP) is 2.27. The second-order valence-corrected chi connectivity index (χ2v) is 9.69. The molecule has 2 aromatic rings. The molecule has 28 heavy (non-hydrogen) atoms. The minimum Gasteiger partial charge on any atom is -0.352 e. The van der Waals surface area contributed by atoms with Crippen LogP contribution in [0.15, 0.2) is 29.2 Å². The molecule has 0 unspecified atom stereocenters. The lowest BCUT2D eigenvalue weighted by atomic mass is 10.1. The SMILES string of the molecule is Cc1nn(CC(C)C)c(C)c1CC(=O)NCc1ccccc1S(=O)(=O)N(C)C. The Hall–Kier alpha value is -2.19. The minimum atomic E-state index is -3.57. The van der Waals surface area contributed by atoms with Gasteiger partial charge in [0, 0.05) is 38.4 Å². The fraction of sp³-hybridized carbons (Fsp3) is 0.500. The van der Waals surface area contributed by atoms with Crippen LogP contribution in [-0.4, -0.2) is 42.5 Å². The van der Waals surface area contributed by atoms with E-state index in [1.165, 1.54) is 18.4 Å². The first-order valence-corrected chi connectivity index (χ1v) is 10.8. The average molecular weight is 407 g/mol. The summed E-state index contributed by atoms with van der Waals surface area (Å²) in [7, 11) is -0.585. The van der Waals surface area contributed by atoms with Crippen molar-refractivity contribution in [1.82, 2.24) is 19.4 Å². The van der Waals surface area contributed by atoms with Crippen LogP contribution in [0.1, 0.15) is 36.4 Å². The van der Waals surface area contributed by atoms with Gasteiger partial charge in [0.15, 0.2) is 0 Å². The van der Waals surface area contributed by atoms with E-state index in [0.717, 1.165) is 23.5 Å². The number of carbonyl (C=O) groups excluding carboxylic acids is 1. The summed E-state index contributed by atoms with van der Waals surface area (Å²) < 4.78 is 28.1. The number of aromatic nitrogens is 2. The van der Waals surface area contributed by atoms with Crippen LogP contribution < -0.4 is 5.32 Å². The molecule has 1 aromatic carbocycles. The maximum absolute atomic E-state index is 12.5. The maximum Gasteiger partial charge on any atom is 0.242 e. The lowest BCUT2D eigenvalue weighted by Crippen LogP contribution is -2.28. The summed E-state index contributed by atoms with van der Waals surface area (Å²) in [5, 5.41) is 7.38. The highest BCUT2D eigenvalue weighted by Gasteiger charge is 2.21. The van der Waals surface area contributed by atoms with Gasteiger partial charge in [-0.2, -0.15) is 5.10 Å². The zero-order valence-corrected chi connectivity index (χ0v) is 18.3. The third-order valence-corrected chi connectivity index (χ3v) is 6.53. The highest BCUT2D eigenvalue weighted by Crippen LogP contribution is 2.19. The zero-order chi connectivity index (χ0) is 21.1. The van der Waals surface area contributed by atoms with Gasteiger partial charge in [-0.1, -0.05) is 32.0 Å². The summed E-state index contributed by atoms with van der Waals surface area (Å²) in [4.78, 5) is 12.7. The van der Waals surface area contributed by atoms with Crippen molar-refractivity contribution < 1.29 is 13.2 Å². The Morgan fingerprint density at radius 3 is 2.46 bits per heavy atom. The molecule has 1 N–H and O–H groups in total. The van der Waals surface area contributed by atoms with Gasteiger partial charge in [0.25, 0.3) is 0 Å². The number of carbonyl (C=O) groups is 1. The van der Waals surface area contributed by atoms with Gasteiger partial charge < -0.3 is 5.32 Å². The third-order valence-electron chi connectivity index (χ3n) is 4.61. The predicted molar refractivity (Wildman–Crippen MR) is 109 cm³/mol. The quantitative estimate of drug-likeness (QED) is 0.729. The summed E-state index contributed by atoms with van der Waals surface area (Å²) in [5.41, 5.74) is 3.33. The van der Waals surface area contributed by atoms with E-state index < -0.39 is 10.0 Å². The summed E-state index contributed by atoms with van der Waals surface area (Å²) in [6.07, 6.45) is 0.221. The fourth-order valence-corrected chi connectivity index (χ4v) is 4.14. The van der Waals surface area contributed by atoms with E-state index in [-0.39, 0.29) is 23.8 Å². The van der Waals surface area contributed by atoms with Crippen LogP contribution in [0.2, 0.25) is 0 Å². The Balaban J connectivity index is 2.12. The van der Waals surface area contributed by atoms with Gasteiger partial charge in [0.2, 0.25) is 15.9 Å². The van der Waals surface area contributed by atoms with Crippen LogP contribution in [-0.2, 0) is 34.3 Å². The molecule has 1 aromatic heterocycles. The number of hydrogen-bond acceptors (Lipinski definition) is 4. The van der Waals surface area contributed by atoms with Crippen molar-refractivity contribution in [3.8, 4) is 0 Å². The monoisotopic (exact) mass is 406 g/mol. The van der Waals surface area contributed by atoms with Crippen molar-refractivity contribution in [2.75, 3.05) is 14.1 Å². The van der Waals surface area contributed by atoms with Gasteiger partial charge in [0.1, 0.15) is 0 Å². The van der Waals surface area contributed by atoms with E-state index >= 15 is 0 Å². The Kier molecular flexibility index (Phi) is 7.01. The summed E-state index contributed by atoms with van der Waals surface area (Å²) in [6, 6.07) is 6.72. The van der Waals surface area contributed by atoms with Gasteiger partial charge in [-0.15, -0.1) is 0 Å². The molecule has 1 amide bonds. The van der Waals surface area contributed by atoms with E-state index in [4.69, 9.17) is 0 Å². The second kappa shape index (κ2) is 8.87. The van der Waals surface area contributed by atoms with Crippen LogP contribution in [0.3, 0.4) is 0 Å². The zero-order valence-electron chi connectivity index (χ0n) is 17.5. The van der Waals surface area contributed by atoms with Gasteiger partial charge in [-0.05, 0) is 31.4 Å². The van der Waals surface area contributed by atoms with E-state index in [0.29, 0.717) is 11.5 Å². The molecule has 0 aliphatic rings. The van der Waals surface area contributed by atoms with Crippen molar-refractivity contribution in [3.05, 3.63) is 46.8 Å². The molecular weight excluding hydrogens is 376 g/mol. The Bertz CT molecular complexity index is 946. The van der Waals surface area contributed by atoms with Crippen LogP contribution in [0, 0.1) is 19.8 Å². The van der Waals surface area contributed by atoms with Crippen molar-refractivity contribution in [2.24, 2.45) is 5.92 Å². The lowest BCUT2D eigenvalue weighted by molar-refractivity contribution is -0.120. The summed E-state index contributed by atoms with van der Waals surface area (Å²) in [5.74, 6) is 0.308. The average Bonchev–Trinajstić information content (AvgIpc) is 2.87. The Morgan fingerprint density at radius 2 is 1.86 bits per heavy atom. The molecule has 0 radical (unpaired) electrons. The van der Waals surface area contributed by atoms with E-state index in [1.54, 1.807) is 24.3 Å². The Labute approximate surface area is 167 Å². The van der Waals surface area contributed by atoms with Crippen LogP contribution in [0.25, 0.3) is 0 Å².